The average molecular weight is 353 g/mol. The van der Waals surface area contributed by atoms with E-state index in [1.807, 2.05) is 39.1 Å². The van der Waals surface area contributed by atoms with Gasteiger partial charge in [-0.3, -0.25) is 0 Å². The maximum atomic E-state index is 11.6. The van der Waals surface area contributed by atoms with E-state index in [0.717, 1.165) is 10.0 Å². The van der Waals surface area contributed by atoms with Crippen LogP contribution in [0.4, 0.5) is 4.79 Å². The van der Waals surface area contributed by atoms with Gasteiger partial charge < -0.3 is 10.1 Å². The Kier molecular flexibility index (Phi) is 4.62. The number of carbonyl (C=O) groups excluding carboxylic acids is 1. The minimum absolute atomic E-state index is 0.366. The van der Waals surface area contributed by atoms with Gasteiger partial charge in [-0.05, 0) is 48.3 Å². The molecule has 21 heavy (non-hydrogen) atoms. The third-order valence-electron chi connectivity index (χ3n) is 2.43. The van der Waals surface area contributed by atoms with E-state index < -0.39 is 11.7 Å². The van der Waals surface area contributed by atoms with Gasteiger partial charge in [-0.25, -0.2) is 14.5 Å². The van der Waals surface area contributed by atoms with Crippen molar-refractivity contribution in [3.8, 4) is 5.82 Å². The van der Waals surface area contributed by atoms with Crippen molar-refractivity contribution in [1.82, 2.24) is 20.1 Å². The van der Waals surface area contributed by atoms with Crippen LogP contribution in [0.5, 0.6) is 0 Å². The van der Waals surface area contributed by atoms with E-state index in [1.54, 1.807) is 17.1 Å². The topological polar surface area (TPSA) is 69.0 Å². The first kappa shape index (κ1) is 15.5. The van der Waals surface area contributed by atoms with Crippen LogP contribution >= 0.6 is 15.9 Å². The summed E-state index contributed by atoms with van der Waals surface area (Å²) >= 11 is 3.34. The largest absolute Gasteiger partial charge is 0.444 e. The van der Waals surface area contributed by atoms with Crippen LogP contribution in [0, 0.1) is 0 Å². The number of alkyl carbamates (subject to hydrolysis) is 1. The molecule has 0 aliphatic heterocycles. The Morgan fingerprint density at radius 3 is 2.67 bits per heavy atom. The fourth-order valence-electron chi connectivity index (χ4n) is 1.57. The van der Waals surface area contributed by atoms with Crippen LogP contribution < -0.4 is 5.32 Å². The lowest BCUT2D eigenvalue weighted by Gasteiger charge is -2.19. The third-order valence-corrected chi connectivity index (χ3v) is 2.84. The van der Waals surface area contributed by atoms with E-state index in [2.05, 4.69) is 31.3 Å². The SMILES string of the molecule is CC(C)(C)OC(=O)NCc1ccc(-n2cc(Br)cn2)nc1. The van der Waals surface area contributed by atoms with Crippen LogP contribution in [0.25, 0.3) is 5.82 Å². The van der Waals surface area contributed by atoms with Crippen LogP contribution in [-0.2, 0) is 11.3 Å². The molecule has 0 aliphatic rings. The Bertz CT molecular complexity index is 617. The summed E-state index contributed by atoms with van der Waals surface area (Å²) in [5.41, 5.74) is 0.385. The van der Waals surface area contributed by atoms with E-state index >= 15 is 0 Å². The lowest BCUT2D eigenvalue weighted by molar-refractivity contribution is 0.0523. The first-order chi connectivity index (χ1) is 9.83. The second-order valence-corrected chi connectivity index (χ2v) is 6.40. The number of pyridine rings is 1. The molecule has 0 bridgehead atoms. The molecular weight excluding hydrogens is 336 g/mol. The molecule has 0 radical (unpaired) electrons. The van der Waals surface area contributed by atoms with Gasteiger partial charge >= 0.3 is 6.09 Å². The highest BCUT2D eigenvalue weighted by atomic mass is 79.9. The highest BCUT2D eigenvalue weighted by Crippen LogP contribution is 2.11. The Morgan fingerprint density at radius 1 is 1.38 bits per heavy atom. The summed E-state index contributed by atoms with van der Waals surface area (Å²) in [5, 5.41) is 6.84. The van der Waals surface area contributed by atoms with Crippen molar-refractivity contribution in [3.63, 3.8) is 0 Å². The zero-order chi connectivity index (χ0) is 15.5. The molecule has 0 saturated carbocycles. The van der Waals surface area contributed by atoms with E-state index in [4.69, 9.17) is 4.74 Å². The number of carbonyl (C=O) groups is 1. The Labute approximate surface area is 131 Å². The molecular formula is C14H17BrN4O2. The van der Waals surface area contributed by atoms with Crippen molar-refractivity contribution in [2.45, 2.75) is 32.9 Å². The maximum absolute atomic E-state index is 11.6. The highest BCUT2D eigenvalue weighted by molar-refractivity contribution is 9.10. The highest BCUT2D eigenvalue weighted by Gasteiger charge is 2.15. The van der Waals surface area contributed by atoms with Gasteiger partial charge in [0, 0.05) is 18.9 Å². The molecule has 0 unspecified atom stereocenters. The van der Waals surface area contributed by atoms with Crippen molar-refractivity contribution in [1.29, 1.82) is 0 Å². The summed E-state index contributed by atoms with van der Waals surface area (Å²) in [7, 11) is 0. The fourth-order valence-corrected chi connectivity index (χ4v) is 1.86. The van der Waals surface area contributed by atoms with Gasteiger partial charge in [-0.1, -0.05) is 6.07 Å². The van der Waals surface area contributed by atoms with Crippen LogP contribution in [0.2, 0.25) is 0 Å². The van der Waals surface area contributed by atoms with E-state index in [0.29, 0.717) is 12.4 Å². The summed E-state index contributed by atoms with van der Waals surface area (Å²) < 4.78 is 7.72. The molecule has 1 N–H and O–H groups in total. The van der Waals surface area contributed by atoms with Gasteiger partial charge in [-0.15, -0.1) is 0 Å². The second-order valence-electron chi connectivity index (χ2n) is 5.48. The average Bonchev–Trinajstić information content (AvgIpc) is 2.82. The molecule has 112 valence electrons. The maximum Gasteiger partial charge on any atom is 0.407 e. The predicted octanol–water partition coefficient (Wildman–Crippen LogP) is 3.05. The first-order valence-corrected chi connectivity index (χ1v) is 7.25. The summed E-state index contributed by atoms with van der Waals surface area (Å²) in [4.78, 5) is 15.9. The molecule has 7 heteroatoms. The van der Waals surface area contributed by atoms with Gasteiger partial charge in [0.2, 0.25) is 0 Å². The molecule has 0 aromatic carbocycles. The van der Waals surface area contributed by atoms with Gasteiger partial charge in [0.15, 0.2) is 5.82 Å². The molecule has 0 spiro atoms. The second kappa shape index (κ2) is 6.26. The molecule has 0 aliphatic carbocycles. The first-order valence-electron chi connectivity index (χ1n) is 6.46. The van der Waals surface area contributed by atoms with Crippen molar-refractivity contribution in [2.75, 3.05) is 0 Å². The number of hydrogen-bond acceptors (Lipinski definition) is 4. The predicted molar refractivity (Wildman–Crippen MR) is 82.1 cm³/mol. The van der Waals surface area contributed by atoms with E-state index in [9.17, 15) is 4.79 Å². The minimum Gasteiger partial charge on any atom is -0.444 e. The molecule has 2 heterocycles. The van der Waals surface area contributed by atoms with Gasteiger partial charge in [0.05, 0.1) is 10.7 Å². The van der Waals surface area contributed by atoms with Crippen LogP contribution in [0.1, 0.15) is 26.3 Å². The van der Waals surface area contributed by atoms with Gasteiger partial charge in [-0.2, -0.15) is 5.10 Å². The van der Waals surface area contributed by atoms with Gasteiger partial charge in [0.1, 0.15) is 5.60 Å². The molecule has 2 aromatic heterocycles. The quantitative estimate of drug-likeness (QED) is 0.921. The third kappa shape index (κ3) is 4.86. The molecule has 0 fully saturated rings. The summed E-state index contributed by atoms with van der Waals surface area (Å²) in [5.74, 6) is 0.710. The van der Waals surface area contributed by atoms with E-state index in [-0.39, 0.29) is 0 Å². The number of aromatic nitrogens is 3. The lowest BCUT2D eigenvalue weighted by atomic mass is 10.2. The monoisotopic (exact) mass is 352 g/mol. The van der Waals surface area contributed by atoms with Crippen LogP contribution in [0.3, 0.4) is 0 Å². The normalized spacial score (nSPS) is 11.2. The van der Waals surface area contributed by atoms with Gasteiger partial charge in [0.25, 0.3) is 0 Å². The van der Waals surface area contributed by atoms with Crippen molar-refractivity contribution in [2.24, 2.45) is 0 Å². The fraction of sp³-hybridized carbons (Fsp3) is 0.357. The molecule has 6 nitrogen and oxygen atoms in total. The van der Waals surface area contributed by atoms with Crippen molar-refractivity contribution in [3.05, 3.63) is 40.8 Å². The number of ether oxygens (including phenoxy) is 1. The number of nitrogens with zero attached hydrogens (tertiary/aromatic N) is 3. The molecule has 0 atom stereocenters. The number of hydrogen-bond donors (Lipinski definition) is 1. The van der Waals surface area contributed by atoms with Crippen molar-refractivity contribution < 1.29 is 9.53 Å². The molecule has 2 aromatic rings. The van der Waals surface area contributed by atoms with Crippen LogP contribution in [0.15, 0.2) is 35.2 Å². The number of amides is 1. The molecule has 1 amide bonds. The smallest absolute Gasteiger partial charge is 0.407 e. The number of rotatable bonds is 3. The summed E-state index contributed by atoms with van der Waals surface area (Å²) in [6.45, 7) is 5.84. The van der Waals surface area contributed by atoms with Crippen LogP contribution in [-0.4, -0.2) is 26.5 Å². The minimum atomic E-state index is -0.500. The Balaban J connectivity index is 1.92. The summed E-state index contributed by atoms with van der Waals surface area (Å²) in [6.07, 6.45) is 4.77. The zero-order valence-corrected chi connectivity index (χ0v) is 13.7. The number of halogens is 1. The van der Waals surface area contributed by atoms with E-state index in [1.165, 1.54) is 0 Å². The van der Waals surface area contributed by atoms with Crippen molar-refractivity contribution >= 4 is 22.0 Å². The molecule has 0 saturated heterocycles. The lowest BCUT2D eigenvalue weighted by Crippen LogP contribution is -2.32. The zero-order valence-electron chi connectivity index (χ0n) is 12.1. The standard InChI is InChI=1S/C14H17BrN4O2/c1-14(2,3)21-13(20)17-7-10-4-5-12(16-6-10)19-9-11(15)8-18-19/h4-6,8-9H,7H2,1-3H3,(H,17,20). The summed E-state index contributed by atoms with van der Waals surface area (Å²) in [6, 6.07) is 3.72. The number of nitrogens with one attached hydrogen (secondary N) is 1. The molecule has 2 rings (SSSR count). The Morgan fingerprint density at radius 2 is 2.14 bits per heavy atom. The Hall–Kier alpha value is -1.89.